The summed E-state index contributed by atoms with van der Waals surface area (Å²) in [5, 5.41) is 6.82. The minimum atomic E-state index is -0.261. The molecule has 0 bridgehead atoms. The lowest BCUT2D eigenvalue weighted by Crippen LogP contribution is -2.21. The second-order valence-corrected chi connectivity index (χ2v) is 4.36. The number of nitrogens with one attached hydrogen (secondary N) is 2. The molecule has 0 aromatic heterocycles. The van der Waals surface area contributed by atoms with Gasteiger partial charge < -0.3 is 10.1 Å². The molecule has 0 saturated carbocycles. The highest BCUT2D eigenvalue weighted by molar-refractivity contribution is 6.42. The summed E-state index contributed by atoms with van der Waals surface area (Å²) < 4.78 is 5.06. The summed E-state index contributed by atoms with van der Waals surface area (Å²) in [6.07, 6.45) is 0. The number of ether oxygens (including phenoxy) is 1. The van der Waals surface area contributed by atoms with Gasteiger partial charge in [-0.25, -0.2) is 0 Å². The molecule has 5 nitrogen and oxygen atoms in total. The van der Waals surface area contributed by atoms with Crippen LogP contribution in [0.15, 0.2) is 59.7 Å². The summed E-state index contributed by atoms with van der Waals surface area (Å²) in [5.41, 5.74) is 4.70. The average molecular weight is 283 g/mol. The van der Waals surface area contributed by atoms with E-state index >= 15 is 0 Å². The zero-order valence-electron chi connectivity index (χ0n) is 12.0. The molecule has 21 heavy (non-hydrogen) atoms. The van der Waals surface area contributed by atoms with E-state index in [9.17, 15) is 4.79 Å². The van der Waals surface area contributed by atoms with E-state index in [1.54, 1.807) is 38.3 Å². The summed E-state index contributed by atoms with van der Waals surface area (Å²) in [5.74, 6) is 0.479. The minimum Gasteiger partial charge on any atom is -0.497 e. The third-order valence-corrected chi connectivity index (χ3v) is 2.80. The van der Waals surface area contributed by atoms with Crippen LogP contribution in [-0.4, -0.2) is 18.7 Å². The number of amides is 1. The molecule has 0 unspecified atom stereocenters. The normalized spacial score (nSPS) is 10.9. The summed E-state index contributed by atoms with van der Waals surface area (Å²) in [7, 11) is 1.60. The molecule has 2 aromatic carbocycles. The number of anilines is 2. The lowest BCUT2D eigenvalue weighted by atomic mass is 10.3. The van der Waals surface area contributed by atoms with Crippen molar-refractivity contribution in [2.45, 2.75) is 6.92 Å². The summed E-state index contributed by atoms with van der Waals surface area (Å²) in [4.78, 5) is 12.0. The Morgan fingerprint density at radius 1 is 1.00 bits per heavy atom. The van der Waals surface area contributed by atoms with Gasteiger partial charge in [0.25, 0.3) is 5.91 Å². The van der Waals surface area contributed by atoms with Crippen molar-refractivity contribution in [2.75, 3.05) is 17.9 Å². The van der Waals surface area contributed by atoms with Crippen molar-refractivity contribution >= 4 is 23.0 Å². The number of rotatable bonds is 5. The van der Waals surface area contributed by atoms with Gasteiger partial charge in [0.1, 0.15) is 11.5 Å². The summed E-state index contributed by atoms with van der Waals surface area (Å²) >= 11 is 0. The molecular weight excluding hydrogens is 266 g/mol. The maximum Gasteiger partial charge on any atom is 0.271 e. The first-order valence-electron chi connectivity index (χ1n) is 6.50. The van der Waals surface area contributed by atoms with Crippen LogP contribution in [-0.2, 0) is 4.79 Å². The standard InChI is InChI=1S/C16H17N3O2/c1-12(18-19-14-6-4-3-5-7-14)16(20)17-13-8-10-15(21-2)11-9-13/h3-11,19H,1-2H3,(H,17,20)/b18-12+. The highest BCUT2D eigenvalue weighted by atomic mass is 16.5. The van der Waals surface area contributed by atoms with Crippen LogP contribution in [0.25, 0.3) is 0 Å². The number of hydrogen-bond acceptors (Lipinski definition) is 4. The van der Waals surface area contributed by atoms with Gasteiger partial charge in [0.15, 0.2) is 0 Å². The third-order valence-electron chi connectivity index (χ3n) is 2.80. The first kappa shape index (κ1) is 14.6. The van der Waals surface area contributed by atoms with E-state index in [-0.39, 0.29) is 5.91 Å². The molecule has 2 rings (SSSR count). The van der Waals surface area contributed by atoms with Crippen molar-refractivity contribution in [3.05, 3.63) is 54.6 Å². The second kappa shape index (κ2) is 7.09. The topological polar surface area (TPSA) is 62.7 Å². The van der Waals surface area contributed by atoms with Crippen LogP contribution in [0.3, 0.4) is 0 Å². The molecule has 0 heterocycles. The molecule has 5 heteroatoms. The van der Waals surface area contributed by atoms with Gasteiger partial charge in [-0.1, -0.05) is 18.2 Å². The fraction of sp³-hybridized carbons (Fsp3) is 0.125. The fourth-order valence-electron chi connectivity index (χ4n) is 1.61. The zero-order chi connectivity index (χ0) is 15.1. The number of methoxy groups -OCH3 is 1. The van der Waals surface area contributed by atoms with Gasteiger partial charge in [-0.05, 0) is 43.3 Å². The summed E-state index contributed by atoms with van der Waals surface area (Å²) in [6.45, 7) is 1.65. The van der Waals surface area contributed by atoms with E-state index in [1.807, 2.05) is 30.3 Å². The quantitative estimate of drug-likeness (QED) is 0.654. The van der Waals surface area contributed by atoms with Crippen LogP contribution in [0, 0.1) is 0 Å². The Balaban J connectivity index is 1.95. The Kier molecular flexibility index (Phi) is 4.93. The van der Waals surface area contributed by atoms with Crippen molar-refractivity contribution in [1.82, 2.24) is 0 Å². The van der Waals surface area contributed by atoms with Crippen LogP contribution >= 0.6 is 0 Å². The van der Waals surface area contributed by atoms with E-state index < -0.39 is 0 Å². The molecule has 2 N–H and O–H groups in total. The molecule has 0 atom stereocenters. The maximum atomic E-state index is 12.0. The lowest BCUT2D eigenvalue weighted by Gasteiger charge is -2.06. The lowest BCUT2D eigenvalue weighted by molar-refractivity contribution is -0.110. The number of hydrogen-bond donors (Lipinski definition) is 2. The highest BCUT2D eigenvalue weighted by Gasteiger charge is 2.06. The average Bonchev–Trinajstić information content (AvgIpc) is 2.54. The molecule has 2 aromatic rings. The van der Waals surface area contributed by atoms with Crippen LogP contribution in [0.1, 0.15) is 6.92 Å². The van der Waals surface area contributed by atoms with Crippen molar-refractivity contribution in [1.29, 1.82) is 0 Å². The Labute approximate surface area is 123 Å². The van der Waals surface area contributed by atoms with Gasteiger partial charge >= 0.3 is 0 Å². The zero-order valence-corrected chi connectivity index (χ0v) is 12.0. The van der Waals surface area contributed by atoms with Gasteiger partial charge in [-0.2, -0.15) is 5.10 Å². The summed E-state index contributed by atoms with van der Waals surface area (Å²) in [6, 6.07) is 16.6. The monoisotopic (exact) mass is 283 g/mol. The predicted molar refractivity (Wildman–Crippen MR) is 84.8 cm³/mol. The van der Waals surface area contributed by atoms with Crippen molar-refractivity contribution in [3.8, 4) is 5.75 Å². The number of benzene rings is 2. The molecule has 0 radical (unpaired) electrons. The molecule has 0 aliphatic rings. The predicted octanol–water partition coefficient (Wildman–Crippen LogP) is 3.12. The Morgan fingerprint density at radius 2 is 1.67 bits per heavy atom. The van der Waals surface area contributed by atoms with E-state index in [1.165, 1.54) is 0 Å². The van der Waals surface area contributed by atoms with Gasteiger partial charge in [-0.3, -0.25) is 10.2 Å². The number of nitrogens with zero attached hydrogens (tertiary/aromatic N) is 1. The SMILES string of the molecule is COc1ccc(NC(=O)/C(C)=N/Nc2ccccc2)cc1. The van der Waals surface area contributed by atoms with E-state index in [4.69, 9.17) is 4.74 Å². The van der Waals surface area contributed by atoms with E-state index in [0.29, 0.717) is 11.4 Å². The number of carbonyl (C=O) groups excluding carboxylic acids is 1. The molecule has 0 aliphatic carbocycles. The molecule has 0 spiro atoms. The molecule has 0 saturated heterocycles. The highest BCUT2D eigenvalue weighted by Crippen LogP contribution is 2.15. The largest absolute Gasteiger partial charge is 0.497 e. The fourth-order valence-corrected chi connectivity index (χ4v) is 1.61. The van der Waals surface area contributed by atoms with Crippen LogP contribution < -0.4 is 15.5 Å². The van der Waals surface area contributed by atoms with Crippen LogP contribution in [0.2, 0.25) is 0 Å². The molecule has 1 amide bonds. The first-order chi connectivity index (χ1) is 10.2. The number of hydrazone groups is 1. The second-order valence-electron chi connectivity index (χ2n) is 4.36. The van der Waals surface area contributed by atoms with Gasteiger partial charge in [0, 0.05) is 5.69 Å². The molecular formula is C16H17N3O2. The van der Waals surface area contributed by atoms with Gasteiger partial charge in [0.2, 0.25) is 0 Å². The Bertz CT molecular complexity index is 622. The Hall–Kier alpha value is -2.82. The molecule has 0 fully saturated rings. The van der Waals surface area contributed by atoms with E-state index in [2.05, 4.69) is 15.8 Å². The van der Waals surface area contributed by atoms with Crippen molar-refractivity contribution < 1.29 is 9.53 Å². The van der Waals surface area contributed by atoms with Gasteiger partial charge in [-0.15, -0.1) is 0 Å². The number of carbonyl (C=O) groups is 1. The minimum absolute atomic E-state index is 0.261. The maximum absolute atomic E-state index is 12.0. The van der Waals surface area contributed by atoms with Crippen LogP contribution in [0.5, 0.6) is 5.75 Å². The third kappa shape index (κ3) is 4.35. The van der Waals surface area contributed by atoms with Crippen LogP contribution in [0.4, 0.5) is 11.4 Å². The molecule has 108 valence electrons. The van der Waals surface area contributed by atoms with E-state index in [0.717, 1.165) is 11.4 Å². The van der Waals surface area contributed by atoms with Crippen molar-refractivity contribution in [3.63, 3.8) is 0 Å². The van der Waals surface area contributed by atoms with Gasteiger partial charge in [0.05, 0.1) is 12.8 Å². The Morgan fingerprint density at radius 3 is 2.29 bits per heavy atom. The van der Waals surface area contributed by atoms with Crippen molar-refractivity contribution in [2.24, 2.45) is 5.10 Å². The first-order valence-corrected chi connectivity index (χ1v) is 6.50. The smallest absolute Gasteiger partial charge is 0.271 e. The molecule has 0 aliphatic heterocycles. The number of para-hydroxylation sites is 1.